The Morgan fingerprint density at radius 3 is 2.79 bits per heavy atom. The molecule has 7 heteroatoms. The minimum atomic E-state index is -1.78. The van der Waals surface area contributed by atoms with E-state index in [4.69, 9.17) is 5.11 Å². The number of benzene rings is 2. The lowest BCUT2D eigenvalue weighted by atomic mass is 9.82. The molecule has 0 bridgehead atoms. The summed E-state index contributed by atoms with van der Waals surface area (Å²) in [5, 5.41) is 27.0. The first-order chi connectivity index (χ1) is 15.9. The van der Waals surface area contributed by atoms with Gasteiger partial charge in [0.2, 0.25) is 5.91 Å². The zero-order chi connectivity index (χ0) is 23.4. The molecule has 2 aliphatic rings. The molecule has 0 spiro atoms. The van der Waals surface area contributed by atoms with Crippen LogP contribution in [0.5, 0.6) is 0 Å². The van der Waals surface area contributed by atoms with Gasteiger partial charge in [-0.1, -0.05) is 49.4 Å². The summed E-state index contributed by atoms with van der Waals surface area (Å²) < 4.78 is 0. The molecule has 2 aliphatic heterocycles. The molecule has 2 heterocycles. The second-order valence-corrected chi connectivity index (χ2v) is 8.74. The van der Waals surface area contributed by atoms with Gasteiger partial charge in [-0.05, 0) is 49.6 Å². The van der Waals surface area contributed by atoms with Crippen LogP contribution in [0.1, 0.15) is 37.3 Å². The van der Waals surface area contributed by atoms with Gasteiger partial charge in [0.05, 0.1) is 18.3 Å². The van der Waals surface area contributed by atoms with Gasteiger partial charge in [0.1, 0.15) is 0 Å². The van der Waals surface area contributed by atoms with Crippen molar-refractivity contribution in [1.29, 1.82) is 0 Å². The van der Waals surface area contributed by atoms with Crippen molar-refractivity contribution in [2.24, 2.45) is 5.92 Å². The number of carbonyl (C=O) groups excluding carboxylic acids is 2. The molecule has 33 heavy (non-hydrogen) atoms. The molecule has 0 aliphatic carbocycles. The molecule has 2 amide bonds. The Labute approximate surface area is 194 Å². The third kappa shape index (κ3) is 4.57. The Hall–Kier alpha value is -3.00. The average molecular weight is 450 g/mol. The minimum Gasteiger partial charge on any atom is -0.396 e. The van der Waals surface area contributed by atoms with Crippen molar-refractivity contribution in [3.63, 3.8) is 0 Å². The molecule has 4 N–H and O–H groups in total. The quantitative estimate of drug-likeness (QED) is 0.464. The first-order valence-electron chi connectivity index (χ1n) is 11.5. The lowest BCUT2D eigenvalue weighted by Crippen LogP contribution is -2.44. The monoisotopic (exact) mass is 449 g/mol. The molecule has 174 valence electrons. The van der Waals surface area contributed by atoms with Crippen molar-refractivity contribution >= 4 is 23.2 Å². The predicted octanol–water partition coefficient (Wildman–Crippen LogP) is 2.69. The largest absolute Gasteiger partial charge is 0.396 e. The Bertz CT molecular complexity index is 1030. The summed E-state index contributed by atoms with van der Waals surface area (Å²) in [6.45, 7) is 2.94. The highest BCUT2D eigenvalue weighted by atomic mass is 16.3. The molecule has 2 aromatic rings. The van der Waals surface area contributed by atoms with Crippen LogP contribution >= 0.6 is 0 Å². The van der Waals surface area contributed by atoms with Crippen molar-refractivity contribution < 1.29 is 19.8 Å². The summed E-state index contributed by atoms with van der Waals surface area (Å²) >= 11 is 0. The summed E-state index contributed by atoms with van der Waals surface area (Å²) in [5.74, 6) is -1.04. The maximum atomic E-state index is 13.6. The first kappa shape index (κ1) is 23.2. The Morgan fingerprint density at radius 2 is 2.09 bits per heavy atom. The highest BCUT2D eigenvalue weighted by molar-refractivity contribution is 6.08. The summed E-state index contributed by atoms with van der Waals surface area (Å²) in [6.07, 6.45) is 5.73. The Morgan fingerprint density at radius 1 is 1.30 bits per heavy atom. The van der Waals surface area contributed by atoms with Crippen LogP contribution in [0.2, 0.25) is 0 Å². The van der Waals surface area contributed by atoms with Crippen LogP contribution in [-0.4, -0.2) is 41.2 Å². The van der Waals surface area contributed by atoms with Crippen LogP contribution < -0.4 is 15.5 Å². The van der Waals surface area contributed by atoms with Gasteiger partial charge < -0.3 is 25.7 Å². The van der Waals surface area contributed by atoms with Gasteiger partial charge in [0, 0.05) is 23.8 Å². The maximum absolute atomic E-state index is 13.6. The van der Waals surface area contributed by atoms with Gasteiger partial charge in [-0.3, -0.25) is 9.59 Å². The number of nitrogens with one attached hydrogen (secondary N) is 2. The summed E-state index contributed by atoms with van der Waals surface area (Å²) in [6, 6.07) is 14.7. The van der Waals surface area contributed by atoms with E-state index >= 15 is 0 Å². The van der Waals surface area contributed by atoms with Crippen LogP contribution in [0.15, 0.2) is 60.7 Å². The molecule has 3 atom stereocenters. The first-order valence-corrected chi connectivity index (χ1v) is 11.5. The van der Waals surface area contributed by atoms with Crippen LogP contribution in [0.25, 0.3) is 0 Å². The molecule has 0 aromatic heterocycles. The summed E-state index contributed by atoms with van der Waals surface area (Å²) in [5.41, 5.74) is 0.830. The Kier molecular flexibility index (Phi) is 6.93. The van der Waals surface area contributed by atoms with Gasteiger partial charge in [-0.2, -0.15) is 0 Å². The number of nitrogens with zero attached hydrogens (tertiary/aromatic N) is 1. The molecule has 2 aromatic carbocycles. The smallest absolute Gasteiger partial charge is 0.264 e. The van der Waals surface area contributed by atoms with Crippen molar-refractivity contribution in [3.05, 3.63) is 71.8 Å². The van der Waals surface area contributed by atoms with Crippen LogP contribution in [0.3, 0.4) is 0 Å². The van der Waals surface area contributed by atoms with E-state index in [1.165, 1.54) is 0 Å². The molecule has 0 saturated carbocycles. The molecular formula is C26H31N3O4. The topological polar surface area (TPSA) is 102 Å². The van der Waals surface area contributed by atoms with E-state index in [0.29, 0.717) is 29.9 Å². The highest BCUT2D eigenvalue weighted by Crippen LogP contribution is 2.46. The second-order valence-electron chi connectivity index (χ2n) is 8.74. The van der Waals surface area contributed by atoms with Crippen molar-refractivity contribution in [2.75, 3.05) is 23.4 Å². The highest BCUT2D eigenvalue weighted by Gasteiger charge is 2.52. The lowest BCUT2D eigenvalue weighted by Gasteiger charge is -2.28. The second kappa shape index (κ2) is 9.87. The van der Waals surface area contributed by atoms with E-state index in [9.17, 15) is 14.7 Å². The van der Waals surface area contributed by atoms with Gasteiger partial charge in [-0.15, -0.1) is 0 Å². The van der Waals surface area contributed by atoms with E-state index in [-0.39, 0.29) is 18.6 Å². The van der Waals surface area contributed by atoms with E-state index in [1.807, 2.05) is 30.3 Å². The molecule has 0 radical (unpaired) electrons. The molecule has 4 rings (SSSR count). The van der Waals surface area contributed by atoms with Crippen molar-refractivity contribution in [3.8, 4) is 0 Å². The van der Waals surface area contributed by atoms with Gasteiger partial charge in [0.15, 0.2) is 5.60 Å². The third-order valence-electron chi connectivity index (χ3n) is 6.48. The standard InChI is InChI=1S/C26H31N3O4/c1-18(8-5-6-15-30)26(33)21-16-20(28-24(31)22-11-7-14-27-22)12-13-23(21)29(25(26)32)17-19-9-3-2-4-10-19/h2-5,8-10,12-13,16,18,22,27,30,33H,6-7,11,14-15,17H2,1H3,(H,28,31)/b8-5+/t18-,22+,26+/m0/s1. The normalized spacial score (nSPS) is 23.2. The number of hydrogen-bond donors (Lipinski definition) is 4. The van der Waals surface area contributed by atoms with Gasteiger partial charge in [-0.25, -0.2) is 0 Å². The van der Waals surface area contributed by atoms with E-state index in [2.05, 4.69) is 10.6 Å². The van der Waals surface area contributed by atoms with E-state index in [1.54, 1.807) is 42.2 Å². The number of amides is 2. The zero-order valence-corrected chi connectivity index (χ0v) is 18.8. The maximum Gasteiger partial charge on any atom is 0.264 e. The van der Waals surface area contributed by atoms with E-state index in [0.717, 1.165) is 24.9 Å². The van der Waals surface area contributed by atoms with Crippen molar-refractivity contribution in [2.45, 2.75) is 44.4 Å². The number of aliphatic hydroxyl groups is 2. The van der Waals surface area contributed by atoms with Crippen molar-refractivity contribution in [1.82, 2.24) is 5.32 Å². The van der Waals surface area contributed by atoms with Gasteiger partial charge in [0.25, 0.3) is 5.91 Å². The number of anilines is 2. The lowest BCUT2D eigenvalue weighted by molar-refractivity contribution is -0.139. The minimum absolute atomic E-state index is 0.00229. The molecule has 1 saturated heterocycles. The fourth-order valence-electron chi connectivity index (χ4n) is 4.60. The summed E-state index contributed by atoms with van der Waals surface area (Å²) in [4.78, 5) is 27.8. The molecule has 7 nitrogen and oxygen atoms in total. The fourth-order valence-corrected chi connectivity index (χ4v) is 4.60. The SMILES string of the molecule is C[C@@H](/C=C/CCO)[C@]1(O)C(=O)N(Cc2ccccc2)c2ccc(NC(=O)[C@H]3CCCN3)cc21. The van der Waals surface area contributed by atoms with Crippen LogP contribution in [-0.2, 0) is 21.7 Å². The fraction of sp³-hybridized carbons (Fsp3) is 0.385. The van der Waals surface area contributed by atoms with E-state index < -0.39 is 17.4 Å². The summed E-state index contributed by atoms with van der Waals surface area (Å²) in [7, 11) is 0. The Balaban J connectivity index is 1.69. The average Bonchev–Trinajstić information content (AvgIpc) is 3.43. The van der Waals surface area contributed by atoms with Crippen LogP contribution in [0.4, 0.5) is 11.4 Å². The number of aliphatic hydroxyl groups excluding tert-OH is 1. The zero-order valence-electron chi connectivity index (χ0n) is 18.8. The number of hydrogen-bond acceptors (Lipinski definition) is 5. The number of rotatable bonds is 8. The third-order valence-corrected chi connectivity index (χ3v) is 6.48. The van der Waals surface area contributed by atoms with Crippen LogP contribution in [0, 0.1) is 5.92 Å². The molecular weight excluding hydrogens is 418 g/mol. The molecule has 1 fully saturated rings. The number of fused-ring (bicyclic) bond motifs is 1. The predicted molar refractivity (Wildman–Crippen MR) is 128 cm³/mol. The number of carbonyl (C=O) groups is 2. The van der Waals surface area contributed by atoms with Gasteiger partial charge >= 0.3 is 0 Å². The molecule has 0 unspecified atom stereocenters.